The van der Waals surface area contributed by atoms with E-state index in [0.29, 0.717) is 11.8 Å². The lowest BCUT2D eigenvalue weighted by Crippen LogP contribution is -2.14. The van der Waals surface area contributed by atoms with Crippen LogP contribution in [0.3, 0.4) is 0 Å². The maximum absolute atomic E-state index is 5.79. The first kappa shape index (κ1) is 10.5. The fraction of sp³-hybridized carbons (Fsp3) is 0.333. The first-order valence-corrected chi connectivity index (χ1v) is 4.76. The van der Waals surface area contributed by atoms with Crippen molar-refractivity contribution in [2.75, 3.05) is 7.11 Å². The summed E-state index contributed by atoms with van der Waals surface area (Å²) in [6.45, 7) is 1.81. The zero-order chi connectivity index (χ0) is 11.5. The minimum Gasteiger partial charge on any atom is -0.466 e. The van der Waals surface area contributed by atoms with Crippen molar-refractivity contribution in [1.29, 1.82) is 0 Å². The molecule has 0 aliphatic heterocycles. The molecule has 2 rings (SSSR count). The highest BCUT2D eigenvalue weighted by atomic mass is 16.5. The monoisotopic (exact) mass is 220 g/mol. The smallest absolute Gasteiger partial charge is 0.335 e. The predicted octanol–water partition coefficient (Wildman–Crippen LogP) is 0.0856. The lowest BCUT2D eigenvalue weighted by atomic mass is 10.3. The van der Waals surface area contributed by atoms with Crippen molar-refractivity contribution in [2.45, 2.75) is 13.0 Å². The largest absolute Gasteiger partial charge is 0.466 e. The number of hydrogen-bond donors (Lipinski definition) is 1. The predicted molar refractivity (Wildman–Crippen MR) is 56.1 cm³/mol. The Bertz CT molecular complexity index is 466. The maximum Gasteiger partial charge on any atom is 0.335 e. The minimum atomic E-state index is -0.278. The van der Waals surface area contributed by atoms with Crippen molar-refractivity contribution in [2.24, 2.45) is 5.73 Å². The van der Waals surface area contributed by atoms with E-state index in [-0.39, 0.29) is 12.1 Å². The van der Waals surface area contributed by atoms with E-state index in [0.717, 1.165) is 0 Å². The summed E-state index contributed by atoms with van der Waals surface area (Å²) in [5, 5.41) is 4.10. The van der Waals surface area contributed by atoms with Gasteiger partial charge in [-0.05, 0) is 13.0 Å². The average molecular weight is 220 g/mol. The van der Waals surface area contributed by atoms with Gasteiger partial charge in [0.05, 0.1) is 13.2 Å². The van der Waals surface area contributed by atoms with Crippen molar-refractivity contribution in [3.05, 3.63) is 24.3 Å². The van der Waals surface area contributed by atoms with Crippen LogP contribution in [0.15, 0.2) is 18.5 Å². The number of nitrogens with zero attached hydrogens (tertiary/aromatic N) is 5. The Balaban J connectivity index is 2.51. The van der Waals surface area contributed by atoms with E-state index in [1.807, 2.05) is 6.92 Å². The van der Waals surface area contributed by atoms with E-state index < -0.39 is 0 Å². The Hall–Kier alpha value is -2.02. The molecule has 0 radical (unpaired) electrons. The molecule has 0 spiro atoms. The highest BCUT2D eigenvalue weighted by Gasteiger charge is 2.16. The molecule has 0 aliphatic carbocycles. The molecule has 7 nitrogen and oxygen atoms in total. The Labute approximate surface area is 92.3 Å². The standard InChI is InChI=1S/C9H12N6O/c1-6(10)7-13-9(16-2)14-15(7)8-11-4-3-5-12-8/h3-6H,10H2,1-2H3. The van der Waals surface area contributed by atoms with Crippen LogP contribution in [0.4, 0.5) is 0 Å². The molecule has 0 amide bonds. The molecule has 0 saturated heterocycles. The second-order valence-corrected chi connectivity index (χ2v) is 3.21. The molecule has 2 N–H and O–H groups in total. The van der Waals surface area contributed by atoms with E-state index in [1.54, 1.807) is 18.5 Å². The van der Waals surface area contributed by atoms with Crippen molar-refractivity contribution in [1.82, 2.24) is 24.7 Å². The van der Waals surface area contributed by atoms with Gasteiger partial charge in [0.1, 0.15) is 0 Å². The van der Waals surface area contributed by atoms with Gasteiger partial charge < -0.3 is 10.5 Å². The molecule has 84 valence electrons. The normalized spacial score (nSPS) is 12.4. The number of nitrogens with two attached hydrogens (primary N) is 1. The lowest BCUT2D eigenvalue weighted by Gasteiger charge is -2.04. The fourth-order valence-electron chi connectivity index (χ4n) is 1.23. The summed E-state index contributed by atoms with van der Waals surface area (Å²) in [6, 6.07) is 1.70. The van der Waals surface area contributed by atoms with Gasteiger partial charge in [0.15, 0.2) is 5.82 Å². The Morgan fingerprint density at radius 3 is 2.62 bits per heavy atom. The fourth-order valence-corrected chi connectivity index (χ4v) is 1.23. The highest BCUT2D eigenvalue weighted by molar-refractivity contribution is 5.15. The molecule has 0 bridgehead atoms. The van der Waals surface area contributed by atoms with Crippen LogP contribution in [0.25, 0.3) is 5.95 Å². The van der Waals surface area contributed by atoms with Crippen molar-refractivity contribution in [3.63, 3.8) is 0 Å². The summed E-state index contributed by atoms with van der Waals surface area (Å²) in [4.78, 5) is 12.3. The molecule has 1 atom stereocenters. The summed E-state index contributed by atoms with van der Waals surface area (Å²) in [6.07, 6.45) is 3.25. The van der Waals surface area contributed by atoms with Crippen LogP contribution < -0.4 is 10.5 Å². The molecule has 7 heteroatoms. The van der Waals surface area contributed by atoms with Gasteiger partial charge in [0.2, 0.25) is 0 Å². The van der Waals surface area contributed by atoms with Crippen molar-refractivity contribution >= 4 is 0 Å². The number of hydrogen-bond acceptors (Lipinski definition) is 6. The Kier molecular flexibility index (Phi) is 2.78. The van der Waals surface area contributed by atoms with Crippen molar-refractivity contribution in [3.8, 4) is 12.0 Å². The molecule has 2 aromatic rings. The number of rotatable bonds is 3. The quantitative estimate of drug-likeness (QED) is 0.787. The molecule has 0 fully saturated rings. The molecule has 0 saturated carbocycles. The molecule has 16 heavy (non-hydrogen) atoms. The van der Waals surface area contributed by atoms with E-state index in [9.17, 15) is 0 Å². The van der Waals surface area contributed by atoms with Gasteiger partial charge in [0, 0.05) is 12.4 Å². The number of aromatic nitrogens is 5. The molecule has 1 unspecified atom stereocenters. The van der Waals surface area contributed by atoms with Crippen LogP contribution in [-0.4, -0.2) is 31.8 Å². The summed E-state index contributed by atoms with van der Waals surface area (Å²) in [5.41, 5.74) is 5.79. The SMILES string of the molecule is COc1nc(C(C)N)n(-c2ncccn2)n1. The van der Waals surface area contributed by atoms with Gasteiger partial charge in [-0.15, -0.1) is 5.10 Å². The molecular weight excluding hydrogens is 208 g/mol. The van der Waals surface area contributed by atoms with Gasteiger partial charge in [-0.25, -0.2) is 9.97 Å². The topological polar surface area (TPSA) is 91.7 Å². The molecule has 2 aromatic heterocycles. The van der Waals surface area contributed by atoms with E-state index in [1.165, 1.54) is 11.8 Å². The molecule has 2 heterocycles. The van der Waals surface area contributed by atoms with Gasteiger partial charge in [-0.3, -0.25) is 0 Å². The van der Waals surface area contributed by atoms with Gasteiger partial charge in [-0.1, -0.05) is 0 Å². The van der Waals surface area contributed by atoms with Gasteiger partial charge in [-0.2, -0.15) is 9.67 Å². The van der Waals surface area contributed by atoms with E-state index in [4.69, 9.17) is 10.5 Å². The summed E-state index contributed by atoms with van der Waals surface area (Å²) in [5.74, 6) is 0.980. The average Bonchev–Trinajstić information content (AvgIpc) is 2.74. The Morgan fingerprint density at radius 2 is 2.06 bits per heavy atom. The minimum absolute atomic E-state index is 0.250. The number of methoxy groups -OCH3 is 1. The van der Waals surface area contributed by atoms with Gasteiger partial charge in [0.25, 0.3) is 5.95 Å². The number of ether oxygens (including phenoxy) is 1. The zero-order valence-corrected chi connectivity index (χ0v) is 9.03. The third kappa shape index (κ3) is 1.84. The first-order chi connectivity index (χ1) is 7.72. The molecule has 0 aromatic carbocycles. The highest BCUT2D eigenvalue weighted by Crippen LogP contribution is 2.14. The zero-order valence-electron chi connectivity index (χ0n) is 9.03. The van der Waals surface area contributed by atoms with E-state index in [2.05, 4.69) is 20.1 Å². The maximum atomic E-state index is 5.79. The van der Waals surface area contributed by atoms with Crippen LogP contribution in [0.1, 0.15) is 18.8 Å². The van der Waals surface area contributed by atoms with Crippen molar-refractivity contribution < 1.29 is 4.74 Å². The van der Waals surface area contributed by atoms with Crippen LogP contribution in [0, 0.1) is 0 Å². The van der Waals surface area contributed by atoms with Crippen LogP contribution in [-0.2, 0) is 0 Å². The summed E-state index contributed by atoms with van der Waals surface area (Å²) in [7, 11) is 1.50. The van der Waals surface area contributed by atoms with Crippen LogP contribution >= 0.6 is 0 Å². The molecule has 0 aliphatic rings. The van der Waals surface area contributed by atoms with E-state index >= 15 is 0 Å². The molecular formula is C9H12N6O. The van der Waals surface area contributed by atoms with Gasteiger partial charge >= 0.3 is 6.01 Å². The summed E-state index contributed by atoms with van der Waals surface area (Å²) < 4.78 is 6.43. The summed E-state index contributed by atoms with van der Waals surface area (Å²) >= 11 is 0. The third-order valence-electron chi connectivity index (χ3n) is 1.94. The van der Waals surface area contributed by atoms with Crippen LogP contribution in [0.2, 0.25) is 0 Å². The lowest BCUT2D eigenvalue weighted by molar-refractivity contribution is 0.379. The second-order valence-electron chi connectivity index (χ2n) is 3.21. The second kappa shape index (κ2) is 4.23. The first-order valence-electron chi connectivity index (χ1n) is 4.76. The third-order valence-corrected chi connectivity index (χ3v) is 1.94. The van der Waals surface area contributed by atoms with Crippen LogP contribution in [0.5, 0.6) is 6.01 Å². The Morgan fingerprint density at radius 1 is 1.38 bits per heavy atom.